The summed E-state index contributed by atoms with van der Waals surface area (Å²) in [5.74, 6) is 2.33. The van der Waals surface area contributed by atoms with Crippen LogP contribution in [0.4, 0.5) is 0 Å². The van der Waals surface area contributed by atoms with Gasteiger partial charge in [0, 0.05) is 12.4 Å². The third-order valence-corrected chi connectivity index (χ3v) is 6.05. The van der Waals surface area contributed by atoms with Crippen LogP contribution in [0.3, 0.4) is 0 Å². The minimum absolute atomic E-state index is 0.673. The topological polar surface area (TPSA) is 15.8 Å². The minimum Gasteiger partial charge on any atom is -0.368 e. The van der Waals surface area contributed by atoms with Crippen molar-refractivity contribution in [2.24, 2.45) is 11.8 Å². The highest BCUT2D eigenvalue weighted by Crippen LogP contribution is 2.42. The number of aromatic amines is 1. The summed E-state index contributed by atoms with van der Waals surface area (Å²) in [5, 5.41) is 5.65. The molecule has 1 aliphatic rings. The normalized spacial score (nSPS) is 18.7. The van der Waals surface area contributed by atoms with Crippen molar-refractivity contribution in [3.8, 4) is 0 Å². The van der Waals surface area contributed by atoms with Gasteiger partial charge in [0.2, 0.25) is 0 Å². The number of benzene rings is 3. The molecule has 0 bridgehead atoms. The monoisotopic (exact) mass is 369 g/mol. The molecule has 1 N–H and O–H groups in total. The van der Waals surface area contributed by atoms with Crippen LogP contribution >= 0.6 is 0 Å². The van der Waals surface area contributed by atoms with E-state index in [9.17, 15) is 0 Å². The molecule has 1 heterocycles. The second-order valence-corrected chi connectivity index (χ2v) is 8.74. The van der Waals surface area contributed by atoms with Gasteiger partial charge in [-0.1, -0.05) is 69.3 Å². The molecular formula is C27H31N. The second kappa shape index (κ2) is 8.22. The fourth-order valence-electron chi connectivity index (χ4n) is 5.05. The van der Waals surface area contributed by atoms with Crippen molar-refractivity contribution >= 4 is 21.5 Å². The van der Waals surface area contributed by atoms with E-state index in [0.717, 1.165) is 11.8 Å². The molecule has 5 rings (SSSR count). The number of hydrogen-bond donors (Lipinski definition) is 1. The first-order valence-electron chi connectivity index (χ1n) is 10.6. The number of aromatic nitrogens is 1. The number of hydrogen-bond acceptors (Lipinski definition) is 0. The zero-order valence-electron chi connectivity index (χ0n) is 17.3. The summed E-state index contributed by atoms with van der Waals surface area (Å²) in [5.41, 5.74) is 3.21. The van der Waals surface area contributed by atoms with E-state index in [-0.39, 0.29) is 0 Å². The predicted octanol–water partition coefficient (Wildman–Crippen LogP) is 7.72. The van der Waals surface area contributed by atoms with Crippen LogP contribution in [0.1, 0.15) is 50.7 Å². The average molecular weight is 370 g/mol. The molecule has 0 radical (unpaired) electrons. The average Bonchev–Trinajstić information content (AvgIpc) is 3.27. The van der Waals surface area contributed by atoms with Gasteiger partial charge in [0.1, 0.15) is 0 Å². The van der Waals surface area contributed by atoms with E-state index < -0.39 is 0 Å². The molecule has 28 heavy (non-hydrogen) atoms. The molecule has 0 spiro atoms. The first-order chi connectivity index (χ1) is 13.6. The van der Waals surface area contributed by atoms with Crippen LogP contribution < -0.4 is 0 Å². The molecule has 0 amide bonds. The molecule has 1 nitrogen and oxygen atoms in total. The van der Waals surface area contributed by atoms with E-state index in [2.05, 4.69) is 74.3 Å². The van der Waals surface area contributed by atoms with Crippen LogP contribution in [-0.2, 0) is 6.42 Å². The van der Waals surface area contributed by atoms with E-state index in [0.29, 0.717) is 5.92 Å². The standard InChI is InChI=1S/C23H26.C4H5N/c1-15(2)12-17-13-16(3)23-19(14-17)9-10-21-20-7-5-4-6-18(20)8-11-22(21)23;1-2-4-5-3-1/h4-11,15-17H,12-14H2,1-3H3;1-5H. The first kappa shape index (κ1) is 18.8. The molecule has 1 heteroatoms. The van der Waals surface area contributed by atoms with Crippen LogP contribution in [0.15, 0.2) is 73.1 Å². The van der Waals surface area contributed by atoms with E-state index in [1.165, 1.54) is 40.8 Å². The number of rotatable bonds is 2. The van der Waals surface area contributed by atoms with Gasteiger partial charge in [-0.05, 0) is 81.8 Å². The fourth-order valence-corrected chi connectivity index (χ4v) is 5.05. The lowest BCUT2D eigenvalue weighted by molar-refractivity contribution is 0.347. The Hall–Kier alpha value is -2.54. The van der Waals surface area contributed by atoms with Crippen molar-refractivity contribution in [2.45, 2.75) is 46.0 Å². The van der Waals surface area contributed by atoms with Crippen LogP contribution in [0.25, 0.3) is 21.5 Å². The quantitative estimate of drug-likeness (QED) is 0.348. The maximum atomic E-state index is 2.86. The van der Waals surface area contributed by atoms with Gasteiger partial charge >= 0.3 is 0 Å². The van der Waals surface area contributed by atoms with E-state index in [1.807, 2.05) is 24.5 Å². The molecule has 3 aromatic carbocycles. The summed E-state index contributed by atoms with van der Waals surface area (Å²) >= 11 is 0. The highest BCUT2D eigenvalue weighted by molar-refractivity contribution is 6.08. The van der Waals surface area contributed by atoms with E-state index in [1.54, 1.807) is 11.1 Å². The molecule has 2 unspecified atom stereocenters. The summed E-state index contributed by atoms with van der Waals surface area (Å²) in [4.78, 5) is 2.86. The SMILES string of the molecule is CC(C)CC1Cc2ccc3c(ccc4ccccc43)c2C(C)C1.c1cc[nH]c1. The second-order valence-electron chi connectivity index (χ2n) is 8.74. The Labute approximate surface area is 168 Å². The molecular weight excluding hydrogens is 338 g/mol. The Kier molecular flexibility index (Phi) is 5.52. The lowest BCUT2D eigenvalue weighted by Crippen LogP contribution is -2.19. The lowest BCUT2D eigenvalue weighted by Gasteiger charge is -2.32. The smallest absolute Gasteiger partial charge is 0.000496 e. The van der Waals surface area contributed by atoms with Crippen molar-refractivity contribution in [2.75, 3.05) is 0 Å². The number of nitrogens with one attached hydrogen (secondary N) is 1. The number of fused-ring (bicyclic) bond motifs is 5. The number of H-pyrrole nitrogens is 1. The Balaban J connectivity index is 0.000000336. The Morgan fingerprint density at radius 3 is 2.32 bits per heavy atom. The van der Waals surface area contributed by atoms with Crippen LogP contribution in [0, 0.1) is 11.8 Å². The van der Waals surface area contributed by atoms with Gasteiger partial charge < -0.3 is 4.98 Å². The fraction of sp³-hybridized carbons (Fsp3) is 0.333. The van der Waals surface area contributed by atoms with Gasteiger partial charge in [0.25, 0.3) is 0 Å². The molecule has 0 saturated carbocycles. The molecule has 1 aliphatic carbocycles. The maximum Gasteiger partial charge on any atom is 0.000496 e. The van der Waals surface area contributed by atoms with E-state index in [4.69, 9.17) is 0 Å². The lowest BCUT2D eigenvalue weighted by atomic mass is 9.73. The summed E-state index contributed by atoms with van der Waals surface area (Å²) in [7, 11) is 0. The zero-order valence-corrected chi connectivity index (χ0v) is 17.3. The highest BCUT2D eigenvalue weighted by Gasteiger charge is 2.26. The summed E-state index contributed by atoms with van der Waals surface area (Å²) in [6.45, 7) is 7.14. The molecule has 144 valence electrons. The van der Waals surface area contributed by atoms with Crippen LogP contribution in [0.5, 0.6) is 0 Å². The van der Waals surface area contributed by atoms with Gasteiger partial charge in [0.05, 0.1) is 0 Å². The summed E-state index contributed by atoms with van der Waals surface area (Å²) < 4.78 is 0. The van der Waals surface area contributed by atoms with Crippen molar-refractivity contribution in [1.29, 1.82) is 0 Å². The Morgan fingerprint density at radius 1 is 0.857 bits per heavy atom. The first-order valence-corrected chi connectivity index (χ1v) is 10.6. The van der Waals surface area contributed by atoms with Gasteiger partial charge in [-0.3, -0.25) is 0 Å². The van der Waals surface area contributed by atoms with E-state index >= 15 is 0 Å². The Morgan fingerprint density at radius 2 is 1.61 bits per heavy atom. The molecule has 0 aliphatic heterocycles. The maximum absolute atomic E-state index is 2.86. The predicted molar refractivity (Wildman–Crippen MR) is 122 cm³/mol. The third-order valence-electron chi connectivity index (χ3n) is 6.05. The van der Waals surface area contributed by atoms with Crippen molar-refractivity contribution < 1.29 is 0 Å². The minimum atomic E-state index is 0.673. The van der Waals surface area contributed by atoms with Gasteiger partial charge in [-0.25, -0.2) is 0 Å². The van der Waals surface area contributed by atoms with Crippen LogP contribution in [-0.4, -0.2) is 4.98 Å². The highest BCUT2D eigenvalue weighted by atomic mass is 14.6. The summed E-state index contributed by atoms with van der Waals surface area (Å²) in [6.07, 6.45) is 7.72. The van der Waals surface area contributed by atoms with Crippen molar-refractivity contribution in [1.82, 2.24) is 4.98 Å². The van der Waals surface area contributed by atoms with Gasteiger partial charge in [0.15, 0.2) is 0 Å². The molecule has 2 atom stereocenters. The van der Waals surface area contributed by atoms with Crippen LogP contribution in [0.2, 0.25) is 0 Å². The molecule has 4 aromatic rings. The molecule has 1 aromatic heterocycles. The third kappa shape index (κ3) is 3.85. The van der Waals surface area contributed by atoms with Crippen molar-refractivity contribution in [3.05, 3.63) is 84.2 Å². The molecule has 0 saturated heterocycles. The zero-order chi connectivity index (χ0) is 19.5. The van der Waals surface area contributed by atoms with Gasteiger partial charge in [-0.15, -0.1) is 0 Å². The largest absolute Gasteiger partial charge is 0.368 e. The molecule has 0 fully saturated rings. The Bertz CT molecular complexity index is 1030. The summed E-state index contributed by atoms with van der Waals surface area (Å²) in [6, 6.07) is 22.1. The van der Waals surface area contributed by atoms with Gasteiger partial charge in [-0.2, -0.15) is 0 Å². The van der Waals surface area contributed by atoms with Crippen molar-refractivity contribution in [3.63, 3.8) is 0 Å².